The average Bonchev–Trinajstić information content (AvgIpc) is 3.49. The molecule has 4 aromatic rings. The van der Waals surface area contributed by atoms with Gasteiger partial charge in [0.2, 0.25) is 0 Å². The summed E-state index contributed by atoms with van der Waals surface area (Å²) in [7, 11) is 2.04. The number of benzene rings is 3. The molecule has 0 amide bonds. The van der Waals surface area contributed by atoms with Crippen LogP contribution >= 0.6 is 11.3 Å². The maximum Gasteiger partial charge on any atom is 0.288 e. The number of nitrogens with zero attached hydrogens (tertiary/aromatic N) is 3. The number of halogens is 1. The molecule has 6 rings (SSSR count). The van der Waals surface area contributed by atoms with Gasteiger partial charge in [0.15, 0.2) is 0 Å². The zero-order chi connectivity index (χ0) is 27.6. The molecule has 2 aliphatic heterocycles. The van der Waals surface area contributed by atoms with Crippen LogP contribution in [0.1, 0.15) is 12.5 Å². The van der Waals surface area contributed by atoms with Gasteiger partial charge in [-0.1, -0.05) is 60.7 Å². The molecule has 1 N–H and O–H groups in total. The first-order chi connectivity index (χ1) is 19.6. The molecule has 0 radical (unpaired) electrons. The summed E-state index contributed by atoms with van der Waals surface area (Å²) < 4.78 is 8.40. The molecule has 0 aliphatic carbocycles. The minimum atomic E-state index is -0.185. The van der Waals surface area contributed by atoms with E-state index in [-0.39, 0.29) is 35.8 Å². The Morgan fingerprint density at radius 3 is 2.54 bits per heavy atom. The molecule has 7 heteroatoms. The van der Waals surface area contributed by atoms with E-state index in [1.165, 1.54) is 22.5 Å². The molecular weight excluding hydrogens is 641 g/mol. The molecule has 2 aliphatic rings. The van der Waals surface area contributed by atoms with Gasteiger partial charge in [-0.15, -0.1) is 17.9 Å². The van der Waals surface area contributed by atoms with E-state index in [0.717, 1.165) is 39.5 Å². The second-order valence-electron chi connectivity index (χ2n) is 9.81. The van der Waals surface area contributed by atoms with Gasteiger partial charge in [0, 0.05) is 43.7 Å². The predicted molar refractivity (Wildman–Crippen MR) is 169 cm³/mol. The lowest BCUT2D eigenvalue weighted by Gasteiger charge is -2.23. The molecule has 1 aromatic heterocycles. The molecule has 1 atom stereocenters. The molecular formula is C34H32IN3O2S. The summed E-state index contributed by atoms with van der Waals surface area (Å²) in [6, 6.07) is 25.1. The Bertz CT molecular complexity index is 1820. The number of aromatic hydroxyl groups is 1. The summed E-state index contributed by atoms with van der Waals surface area (Å²) in [4.78, 5) is 17.9. The Morgan fingerprint density at radius 2 is 1.76 bits per heavy atom. The molecule has 5 nitrogen and oxygen atoms in total. The standard InChI is InChI=1S/C34H31N3O2S.HI/c1-4-20-37-33(40-31(34(37)38)18-16-25-19-21-35(3)28-14-10-9-13-27(25)28)23-32-36(5-2)29-22-26(15-17-30(29)39-32)24-11-7-6-8-12-24;/h4,6-19,21-23,32H,1,5,20H2,2-3H3;1H/b25-16-,31-18-,33-23-;. The second-order valence-corrected chi connectivity index (χ2v) is 10.9. The van der Waals surface area contributed by atoms with Gasteiger partial charge in [0.25, 0.3) is 17.5 Å². The normalized spacial score (nSPS) is 17.3. The van der Waals surface area contributed by atoms with Gasteiger partial charge in [-0.05, 0) is 54.0 Å². The number of aromatic nitrogens is 1. The van der Waals surface area contributed by atoms with Crippen LogP contribution in [0.3, 0.4) is 0 Å². The third-order valence-electron chi connectivity index (χ3n) is 7.35. The average molecular weight is 674 g/mol. The monoisotopic (exact) mass is 673 g/mol. The fraction of sp³-hybridized carbons (Fsp3) is 0.147. The summed E-state index contributed by atoms with van der Waals surface area (Å²) in [5.74, 6) is 0.973. The maximum absolute atomic E-state index is 13.5. The number of hydrogen-bond acceptors (Lipinski definition) is 4. The van der Waals surface area contributed by atoms with E-state index >= 15 is 0 Å². The number of aliphatic hydroxyl groups is 1. The topological polar surface area (TPSA) is 41.3 Å². The lowest BCUT2D eigenvalue weighted by Crippen LogP contribution is -3.00. The lowest BCUT2D eigenvalue weighted by atomic mass is 10.00. The number of fused-ring (bicyclic) bond motifs is 2. The Morgan fingerprint density at radius 1 is 0.976 bits per heavy atom. The quantitative estimate of drug-likeness (QED) is 0.180. The number of rotatable bonds is 6. The molecule has 0 bridgehead atoms. The van der Waals surface area contributed by atoms with Gasteiger partial charge < -0.3 is 33.6 Å². The fourth-order valence-corrected chi connectivity index (χ4v) is 6.33. The molecule has 3 heterocycles. The number of allylic oxidation sites excluding steroid dienone is 4. The molecule has 1 unspecified atom stereocenters. The van der Waals surface area contributed by atoms with Crippen molar-refractivity contribution in [3.63, 3.8) is 0 Å². The number of hydrogen-bond donors (Lipinski definition) is 0. The van der Waals surface area contributed by atoms with Crippen LogP contribution in [-0.4, -0.2) is 29.1 Å². The Balaban J connectivity index is 0.00000337. The first-order valence-corrected chi connectivity index (χ1v) is 14.3. The molecule has 41 heavy (non-hydrogen) atoms. The Kier molecular flexibility index (Phi) is 8.65. The third-order valence-corrected chi connectivity index (χ3v) is 8.45. The van der Waals surface area contributed by atoms with Crippen LogP contribution in [0.5, 0.6) is 5.75 Å². The van der Waals surface area contributed by atoms with E-state index < -0.39 is 0 Å². The van der Waals surface area contributed by atoms with E-state index in [1.807, 2.05) is 43.6 Å². The van der Waals surface area contributed by atoms with Crippen molar-refractivity contribution in [2.24, 2.45) is 0 Å². The first kappa shape index (κ1) is 28.7. The van der Waals surface area contributed by atoms with Crippen molar-refractivity contribution in [1.29, 1.82) is 0 Å². The van der Waals surface area contributed by atoms with Gasteiger partial charge in [-0.3, -0.25) is 14.3 Å². The molecule has 0 saturated carbocycles. The smallest absolute Gasteiger partial charge is 0.288 e. The Hall–Kier alpha value is -3.82. The largest absolute Gasteiger partial charge is 1.00 e. The van der Waals surface area contributed by atoms with Crippen molar-refractivity contribution in [2.45, 2.75) is 19.7 Å². The van der Waals surface area contributed by atoms with Gasteiger partial charge in [0.1, 0.15) is 10.4 Å². The van der Waals surface area contributed by atoms with Crippen LogP contribution in [0.15, 0.2) is 109 Å². The second kappa shape index (κ2) is 12.4. The highest BCUT2D eigenvalue weighted by Crippen LogP contribution is 2.41. The van der Waals surface area contributed by atoms with E-state index in [0.29, 0.717) is 11.1 Å². The van der Waals surface area contributed by atoms with Crippen LogP contribution < -0.4 is 48.5 Å². The van der Waals surface area contributed by atoms with Gasteiger partial charge in [0.05, 0.1) is 10.6 Å². The lowest BCUT2D eigenvalue weighted by molar-refractivity contribution is -0.0000120. The zero-order valence-electron chi connectivity index (χ0n) is 23.1. The summed E-state index contributed by atoms with van der Waals surface area (Å²) in [5, 5.41) is 0. The highest BCUT2D eigenvalue weighted by Gasteiger charge is 2.34. The number of para-hydroxylation sites is 1. The third kappa shape index (κ3) is 5.56. The highest BCUT2D eigenvalue weighted by molar-refractivity contribution is 7.07. The van der Waals surface area contributed by atoms with Crippen LogP contribution in [0.4, 0.5) is 11.4 Å². The minimum Gasteiger partial charge on any atom is -1.00 e. The van der Waals surface area contributed by atoms with E-state index in [2.05, 4.69) is 90.1 Å². The van der Waals surface area contributed by atoms with Gasteiger partial charge in [-0.2, -0.15) is 0 Å². The molecule has 208 valence electrons. The summed E-state index contributed by atoms with van der Waals surface area (Å²) in [5.41, 5.74) is 6.83. The molecule has 0 fully saturated rings. The van der Waals surface area contributed by atoms with Crippen LogP contribution in [0.25, 0.3) is 28.9 Å². The van der Waals surface area contributed by atoms with Crippen molar-refractivity contribution in [3.05, 3.63) is 129 Å². The Labute approximate surface area is 261 Å². The summed E-state index contributed by atoms with van der Waals surface area (Å²) in [6.07, 6.45) is 11.8. The van der Waals surface area contributed by atoms with Gasteiger partial charge in [-0.25, -0.2) is 0 Å². The fourth-order valence-electron chi connectivity index (χ4n) is 5.31. The molecule has 0 spiro atoms. The van der Waals surface area contributed by atoms with Crippen LogP contribution in [0.2, 0.25) is 0 Å². The number of ether oxygens (including phenoxy) is 1. The van der Waals surface area contributed by atoms with Crippen molar-refractivity contribution in [3.8, 4) is 16.9 Å². The van der Waals surface area contributed by atoms with Gasteiger partial charge >= 0.3 is 0 Å². The molecule has 0 saturated heterocycles. The maximum atomic E-state index is 13.5. The van der Waals surface area contributed by atoms with Crippen molar-refractivity contribution in [1.82, 2.24) is 4.57 Å². The predicted octanol–water partition coefficient (Wildman–Crippen LogP) is 2.48. The SMILES string of the molecule is C=CCn1c(=O)/c(=C/C=C2/C=CN(C)c3ccccc32)s/c1=C\C1[OH+]c2ccc(-c3ccccc3)cc2N1CC.[I-]. The molecule has 3 aromatic carbocycles. The van der Waals surface area contributed by atoms with Crippen molar-refractivity contribution < 1.29 is 28.7 Å². The van der Waals surface area contributed by atoms with Crippen LogP contribution in [-0.2, 0) is 6.54 Å². The first-order valence-electron chi connectivity index (χ1n) is 13.5. The van der Waals surface area contributed by atoms with E-state index in [1.54, 1.807) is 10.6 Å². The van der Waals surface area contributed by atoms with E-state index in [9.17, 15) is 4.79 Å². The number of anilines is 2. The highest BCUT2D eigenvalue weighted by atomic mass is 127. The zero-order valence-corrected chi connectivity index (χ0v) is 26.0. The van der Waals surface area contributed by atoms with E-state index in [4.69, 9.17) is 4.74 Å². The van der Waals surface area contributed by atoms with Crippen molar-refractivity contribution in [2.75, 3.05) is 23.4 Å². The minimum absolute atomic E-state index is 0. The summed E-state index contributed by atoms with van der Waals surface area (Å²) >= 11 is 1.50. The van der Waals surface area contributed by atoms with Crippen LogP contribution in [0, 0.1) is 0 Å². The number of thiazole rings is 1. The summed E-state index contributed by atoms with van der Waals surface area (Å²) in [6.45, 7) is 7.29. The van der Waals surface area contributed by atoms with Crippen molar-refractivity contribution >= 4 is 40.4 Å².